The molecule has 0 aromatic carbocycles. The molecule has 0 aliphatic heterocycles. The molecule has 0 aliphatic rings. The van der Waals surface area contributed by atoms with Crippen LogP contribution in [0.1, 0.15) is 45.9 Å². The van der Waals surface area contributed by atoms with Gasteiger partial charge in [0.2, 0.25) is 5.91 Å². The van der Waals surface area contributed by atoms with Crippen LogP contribution in [0.15, 0.2) is 12.4 Å². The third-order valence-corrected chi connectivity index (χ3v) is 3.40. The predicted octanol–water partition coefficient (Wildman–Crippen LogP) is 1.60. The SMILES string of the molecule is Cc1nccn1CCCCC(C)(NC(C)C)C(N)=O. The van der Waals surface area contributed by atoms with Crippen molar-refractivity contribution in [1.82, 2.24) is 14.9 Å². The molecule has 1 aromatic heterocycles. The second kappa shape index (κ2) is 6.70. The van der Waals surface area contributed by atoms with Crippen LogP contribution < -0.4 is 11.1 Å². The molecule has 108 valence electrons. The maximum absolute atomic E-state index is 11.6. The molecule has 0 spiro atoms. The smallest absolute Gasteiger partial charge is 0.237 e. The Balaban J connectivity index is 2.41. The van der Waals surface area contributed by atoms with Gasteiger partial charge in [0.1, 0.15) is 5.82 Å². The van der Waals surface area contributed by atoms with Crippen molar-refractivity contribution in [3.63, 3.8) is 0 Å². The van der Waals surface area contributed by atoms with Gasteiger partial charge >= 0.3 is 0 Å². The Morgan fingerprint density at radius 2 is 2.21 bits per heavy atom. The average molecular weight is 266 g/mol. The number of primary amides is 1. The van der Waals surface area contributed by atoms with Crippen LogP contribution in [0.5, 0.6) is 0 Å². The van der Waals surface area contributed by atoms with Gasteiger partial charge in [-0.2, -0.15) is 0 Å². The highest BCUT2D eigenvalue weighted by molar-refractivity contribution is 5.84. The number of imidazole rings is 1. The summed E-state index contributed by atoms with van der Waals surface area (Å²) in [5.74, 6) is 0.748. The quantitative estimate of drug-likeness (QED) is 0.702. The van der Waals surface area contributed by atoms with Crippen LogP contribution in [-0.4, -0.2) is 27.0 Å². The van der Waals surface area contributed by atoms with Crippen LogP contribution in [0.4, 0.5) is 0 Å². The Kier molecular flexibility index (Phi) is 5.54. The zero-order chi connectivity index (χ0) is 14.5. The molecule has 1 atom stereocenters. The van der Waals surface area contributed by atoms with Gasteiger partial charge in [0.05, 0.1) is 5.54 Å². The van der Waals surface area contributed by atoms with E-state index in [0.717, 1.165) is 31.6 Å². The topological polar surface area (TPSA) is 72.9 Å². The zero-order valence-corrected chi connectivity index (χ0v) is 12.4. The summed E-state index contributed by atoms with van der Waals surface area (Å²) < 4.78 is 2.12. The first-order valence-corrected chi connectivity index (χ1v) is 6.90. The largest absolute Gasteiger partial charge is 0.368 e. The fourth-order valence-corrected chi connectivity index (χ4v) is 2.30. The molecule has 5 nitrogen and oxygen atoms in total. The predicted molar refractivity (Wildman–Crippen MR) is 76.7 cm³/mol. The van der Waals surface area contributed by atoms with Crippen LogP contribution in [0.2, 0.25) is 0 Å². The van der Waals surface area contributed by atoms with Crippen molar-refractivity contribution in [3.8, 4) is 0 Å². The summed E-state index contributed by atoms with van der Waals surface area (Å²) in [6.45, 7) is 8.86. The molecule has 5 heteroatoms. The van der Waals surface area contributed by atoms with Gasteiger partial charge < -0.3 is 15.6 Å². The lowest BCUT2D eigenvalue weighted by Crippen LogP contribution is -2.55. The number of aryl methyl sites for hydroxylation is 2. The Hall–Kier alpha value is -1.36. The molecule has 0 aliphatic carbocycles. The normalized spacial score (nSPS) is 14.6. The van der Waals surface area contributed by atoms with Crippen molar-refractivity contribution in [2.45, 2.75) is 65.1 Å². The molecule has 0 saturated carbocycles. The number of rotatable bonds is 8. The van der Waals surface area contributed by atoms with Gasteiger partial charge in [-0.1, -0.05) is 0 Å². The highest BCUT2D eigenvalue weighted by atomic mass is 16.1. The number of hydrogen-bond donors (Lipinski definition) is 2. The number of carbonyl (C=O) groups excluding carboxylic acids is 1. The van der Waals surface area contributed by atoms with Gasteiger partial charge in [-0.3, -0.25) is 4.79 Å². The van der Waals surface area contributed by atoms with E-state index >= 15 is 0 Å². The molecule has 0 fully saturated rings. The molecular weight excluding hydrogens is 240 g/mol. The summed E-state index contributed by atoms with van der Waals surface area (Å²) in [7, 11) is 0. The number of amides is 1. The van der Waals surface area contributed by atoms with E-state index in [9.17, 15) is 4.79 Å². The maximum Gasteiger partial charge on any atom is 0.237 e. The molecule has 1 amide bonds. The number of unbranched alkanes of at least 4 members (excludes halogenated alkanes) is 1. The van der Waals surface area contributed by atoms with Crippen molar-refractivity contribution in [2.24, 2.45) is 5.73 Å². The van der Waals surface area contributed by atoms with E-state index in [1.165, 1.54) is 0 Å². The lowest BCUT2D eigenvalue weighted by Gasteiger charge is -2.29. The fraction of sp³-hybridized carbons (Fsp3) is 0.714. The lowest BCUT2D eigenvalue weighted by molar-refractivity contribution is -0.124. The van der Waals surface area contributed by atoms with Crippen LogP contribution in [0, 0.1) is 6.92 Å². The van der Waals surface area contributed by atoms with E-state index in [4.69, 9.17) is 5.73 Å². The van der Waals surface area contributed by atoms with Crippen molar-refractivity contribution in [1.29, 1.82) is 0 Å². The third kappa shape index (κ3) is 4.67. The lowest BCUT2D eigenvalue weighted by atomic mass is 9.93. The summed E-state index contributed by atoms with van der Waals surface area (Å²) in [4.78, 5) is 15.8. The minimum atomic E-state index is -0.613. The number of aromatic nitrogens is 2. The Morgan fingerprint density at radius 1 is 1.53 bits per heavy atom. The number of nitrogens with zero attached hydrogens (tertiary/aromatic N) is 2. The Morgan fingerprint density at radius 3 is 2.68 bits per heavy atom. The second-order valence-electron chi connectivity index (χ2n) is 5.62. The van der Waals surface area contributed by atoms with Crippen molar-refractivity contribution < 1.29 is 4.79 Å². The van der Waals surface area contributed by atoms with Gasteiger partial charge in [0, 0.05) is 25.0 Å². The molecular formula is C14H26N4O. The van der Waals surface area contributed by atoms with E-state index in [1.807, 2.05) is 40.1 Å². The third-order valence-electron chi connectivity index (χ3n) is 3.40. The summed E-state index contributed by atoms with van der Waals surface area (Å²) in [5, 5.41) is 3.27. The summed E-state index contributed by atoms with van der Waals surface area (Å²) in [5.41, 5.74) is 4.89. The minimum absolute atomic E-state index is 0.244. The molecule has 1 rings (SSSR count). The van der Waals surface area contributed by atoms with Crippen LogP contribution in [0.3, 0.4) is 0 Å². The highest BCUT2D eigenvalue weighted by Crippen LogP contribution is 2.15. The van der Waals surface area contributed by atoms with Crippen LogP contribution >= 0.6 is 0 Å². The summed E-state index contributed by atoms with van der Waals surface area (Å²) in [6.07, 6.45) is 6.52. The number of hydrogen-bond acceptors (Lipinski definition) is 3. The van der Waals surface area contributed by atoms with E-state index in [1.54, 1.807) is 0 Å². The molecule has 1 aromatic rings. The van der Waals surface area contributed by atoms with E-state index in [2.05, 4.69) is 14.9 Å². The van der Waals surface area contributed by atoms with Crippen molar-refractivity contribution in [2.75, 3.05) is 0 Å². The van der Waals surface area contributed by atoms with E-state index < -0.39 is 5.54 Å². The number of nitrogens with one attached hydrogen (secondary N) is 1. The molecule has 1 heterocycles. The first kappa shape index (κ1) is 15.7. The maximum atomic E-state index is 11.6. The molecule has 1 unspecified atom stereocenters. The van der Waals surface area contributed by atoms with Crippen LogP contribution in [-0.2, 0) is 11.3 Å². The number of carbonyl (C=O) groups is 1. The van der Waals surface area contributed by atoms with Crippen molar-refractivity contribution in [3.05, 3.63) is 18.2 Å². The van der Waals surface area contributed by atoms with Gasteiger partial charge in [0.25, 0.3) is 0 Å². The van der Waals surface area contributed by atoms with E-state index in [-0.39, 0.29) is 11.9 Å². The zero-order valence-electron chi connectivity index (χ0n) is 12.4. The molecule has 0 radical (unpaired) electrons. The first-order chi connectivity index (χ1) is 8.85. The second-order valence-corrected chi connectivity index (χ2v) is 5.62. The van der Waals surface area contributed by atoms with Gasteiger partial charge in [-0.15, -0.1) is 0 Å². The van der Waals surface area contributed by atoms with Gasteiger partial charge in [0.15, 0.2) is 0 Å². The summed E-state index contributed by atoms with van der Waals surface area (Å²) >= 11 is 0. The fourth-order valence-electron chi connectivity index (χ4n) is 2.30. The Bertz CT molecular complexity index is 413. The van der Waals surface area contributed by atoms with Gasteiger partial charge in [-0.25, -0.2) is 4.98 Å². The van der Waals surface area contributed by atoms with Crippen LogP contribution in [0.25, 0.3) is 0 Å². The Labute approximate surface area is 115 Å². The van der Waals surface area contributed by atoms with E-state index in [0.29, 0.717) is 0 Å². The minimum Gasteiger partial charge on any atom is -0.368 e. The highest BCUT2D eigenvalue weighted by Gasteiger charge is 2.30. The van der Waals surface area contributed by atoms with Gasteiger partial charge in [-0.05, 0) is 47.0 Å². The summed E-state index contributed by atoms with van der Waals surface area (Å²) in [6, 6.07) is 0.244. The molecule has 19 heavy (non-hydrogen) atoms. The first-order valence-electron chi connectivity index (χ1n) is 6.90. The molecule has 0 saturated heterocycles. The standard InChI is InChI=1S/C14H26N4O/c1-11(2)17-14(4,13(15)19)7-5-6-9-18-10-8-16-12(18)3/h8,10-11,17H,5-7,9H2,1-4H3,(H2,15,19). The monoisotopic (exact) mass is 266 g/mol. The number of nitrogens with two attached hydrogens (primary N) is 1. The molecule has 0 bridgehead atoms. The molecule has 3 N–H and O–H groups in total. The van der Waals surface area contributed by atoms with Crippen molar-refractivity contribution >= 4 is 5.91 Å². The average Bonchev–Trinajstić information content (AvgIpc) is 2.69.